The van der Waals surface area contributed by atoms with Gasteiger partial charge in [-0.3, -0.25) is 14.2 Å². The molecule has 0 aliphatic rings. The van der Waals surface area contributed by atoms with Gasteiger partial charge in [0.2, 0.25) is 0 Å². The Hall–Kier alpha value is -3.73. The zero-order valence-corrected chi connectivity index (χ0v) is 21.6. The molecule has 4 aromatic rings. The van der Waals surface area contributed by atoms with Crippen molar-refractivity contribution < 1.29 is 4.79 Å². The van der Waals surface area contributed by atoms with Gasteiger partial charge < -0.3 is 4.90 Å². The third-order valence-electron chi connectivity index (χ3n) is 6.50. The van der Waals surface area contributed by atoms with Gasteiger partial charge in [-0.25, -0.2) is 4.98 Å². The Morgan fingerprint density at radius 1 is 0.917 bits per heavy atom. The number of fused-ring (bicyclic) bond motifs is 1. The minimum atomic E-state index is -0.419. The molecule has 0 spiro atoms. The number of hydrogen-bond donors (Lipinski definition) is 0. The third kappa shape index (κ3) is 5.40. The molecule has 0 saturated heterocycles. The lowest BCUT2D eigenvalue weighted by atomic mass is 10.0. The van der Waals surface area contributed by atoms with Crippen LogP contribution in [0.15, 0.2) is 83.7 Å². The zero-order chi connectivity index (χ0) is 25.7. The van der Waals surface area contributed by atoms with Crippen molar-refractivity contribution in [3.63, 3.8) is 0 Å². The van der Waals surface area contributed by atoms with Crippen molar-refractivity contribution in [3.8, 4) is 5.69 Å². The lowest BCUT2D eigenvalue weighted by Gasteiger charge is -2.32. The molecule has 1 heterocycles. The first-order valence-electron chi connectivity index (χ1n) is 12.9. The Bertz CT molecular complexity index is 1370. The largest absolute Gasteiger partial charge is 0.328 e. The highest BCUT2D eigenvalue weighted by molar-refractivity contribution is 5.94. The predicted octanol–water partition coefficient (Wildman–Crippen LogP) is 6.59. The van der Waals surface area contributed by atoms with E-state index in [1.807, 2.05) is 72.5 Å². The van der Waals surface area contributed by atoms with Gasteiger partial charge in [0.1, 0.15) is 5.82 Å². The summed E-state index contributed by atoms with van der Waals surface area (Å²) in [6.45, 7) is 8.89. The molecule has 0 radical (unpaired) electrons. The van der Waals surface area contributed by atoms with Crippen LogP contribution in [-0.2, 0) is 6.42 Å². The molecule has 1 amide bonds. The summed E-state index contributed by atoms with van der Waals surface area (Å²) in [6.07, 6.45) is 3.29. The molecule has 1 aromatic heterocycles. The van der Waals surface area contributed by atoms with E-state index >= 15 is 0 Å². The molecule has 0 bridgehead atoms. The van der Waals surface area contributed by atoms with Crippen LogP contribution in [0.25, 0.3) is 16.6 Å². The molecule has 186 valence electrons. The Kier molecular flexibility index (Phi) is 7.99. The van der Waals surface area contributed by atoms with Gasteiger partial charge in [-0.1, -0.05) is 69.7 Å². The standard InChI is InChI=1S/C31H35N3O2/c1-5-6-12-24-17-19-25(20-18-24)30(35)33(21-22(2)3)23(4)29-32-28-16-11-10-15-27(28)31(36)34(29)26-13-8-7-9-14-26/h7-11,13-20,22-23H,5-6,12,21H2,1-4H3. The quantitative estimate of drug-likeness (QED) is 0.271. The summed E-state index contributed by atoms with van der Waals surface area (Å²) >= 11 is 0. The monoisotopic (exact) mass is 481 g/mol. The maximum absolute atomic E-state index is 13.8. The van der Waals surface area contributed by atoms with E-state index in [9.17, 15) is 9.59 Å². The zero-order valence-electron chi connectivity index (χ0n) is 21.6. The normalized spacial score (nSPS) is 12.1. The van der Waals surface area contributed by atoms with E-state index in [-0.39, 0.29) is 17.4 Å². The molecule has 0 saturated carbocycles. The topological polar surface area (TPSA) is 55.2 Å². The van der Waals surface area contributed by atoms with Crippen LogP contribution >= 0.6 is 0 Å². The van der Waals surface area contributed by atoms with Gasteiger partial charge in [0.15, 0.2) is 0 Å². The van der Waals surface area contributed by atoms with Crippen LogP contribution in [0.5, 0.6) is 0 Å². The van der Waals surface area contributed by atoms with Crippen LogP contribution in [-0.4, -0.2) is 26.9 Å². The highest BCUT2D eigenvalue weighted by Gasteiger charge is 2.28. The molecule has 4 rings (SSSR count). The van der Waals surface area contributed by atoms with Crippen LogP contribution in [0.4, 0.5) is 0 Å². The van der Waals surface area contributed by atoms with Crippen LogP contribution in [0.1, 0.15) is 68.3 Å². The Morgan fingerprint density at radius 2 is 1.58 bits per heavy atom. The molecule has 36 heavy (non-hydrogen) atoms. The van der Waals surface area contributed by atoms with Gasteiger partial charge >= 0.3 is 0 Å². The summed E-state index contributed by atoms with van der Waals surface area (Å²) in [7, 11) is 0. The number of aromatic nitrogens is 2. The fraction of sp³-hybridized carbons (Fsp3) is 0.323. The second kappa shape index (κ2) is 11.3. The molecular formula is C31H35N3O2. The number of carbonyl (C=O) groups is 1. The second-order valence-corrected chi connectivity index (χ2v) is 9.79. The Morgan fingerprint density at radius 3 is 2.25 bits per heavy atom. The molecule has 0 N–H and O–H groups in total. The molecule has 3 aromatic carbocycles. The maximum Gasteiger partial charge on any atom is 0.266 e. The Balaban J connectivity index is 1.80. The number of aryl methyl sites for hydroxylation is 1. The van der Waals surface area contributed by atoms with Gasteiger partial charge in [-0.2, -0.15) is 0 Å². The maximum atomic E-state index is 13.8. The van der Waals surface area contributed by atoms with E-state index in [1.54, 1.807) is 10.6 Å². The van der Waals surface area contributed by atoms with Crippen molar-refractivity contribution in [1.82, 2.24) is 14.5 Å². The van der Waals surface area contributed by atoms with Crippen LogP contribution < -0.4 is 5.56 Å². The SMILES string of the molecule is CCCCc1ccc(C(=O)N(CC(C)C)C(C)c2nc3ccccc3c(=O)n2-c2ccccc2)cc1. The van der Waals surface area contributed by atoms with E-state index in [1.165, 1.54) is 5.56 Å². The number of rotatable bonds is 9. The first kappa shape index (κ1) is 25.4. The fourth-order valence-electron chi connectivity index (χ4n) is 4.57. The number of hydrogen-bond acceptors (Lipinski definition) is 3. The van der Waals surface area contributed by atoms with Crippen molar-refractivity contribution in [2.75, 3.05) is 6.54 Å². The van der Waals surface area contributed by atoms with E-state index in [0.29, 0.717) is 28.8 Å². The second-order valence-electron chi connectivity index (χ2n) is 9.79. The highest BCUT2D eigenvalue weighted by Crippen LogP contribution is 2.25. The molecular weight excluding hydrogens is 446 g/mol. The number of benzene rings is 3. The molecule has 0 fully saturated rings. The van der Waals surface area contributed by atoms with Gasteiger partial charge in [0.25, 0.3) is 11.5 Å². The predicted molar refractivity (Wildman–Crippen MR) is 147 cm³/mol. The molecule has 0 aliphatic heterocycles. The van der Waals surface area contributed by atoms with Crippen molar-refractivity contribution in [2.24, 2.45) is 5.92 Å². The van der Waals surface area contributed by atoms with Gasteiger partial charge in [-0.15, -0.1) is 0 Å². The lowest BCUT2D eigenvalue weighted by Crippen LogP contribution is -2.39. The molecule has 1 unspecified atom stereocenters. The van der Waals surface area contributed by atoms with Crippen molar-refractivity contribution in [3.05, 3.63) is 106 Å². The van der Waals surface area contributed by atoms with Crippen molar-refractivity contribution >= 4 is 16.8 Å². The van der Waals surface area contributed by atoms with Crippen LogP contribution in [0, 0.1) is 5.92 Å². The smallest absolute Gasteiger partial charge is 0.266 e. The van der Waals surface area contributed by atoms with E-state index in [4.69, 9.17) is 4.98 Å². The number of amides is 1. The lowest BCUT2D eigenvalue weighted by molar-refractivity contribution is 0.0655. The van der Waals surface area contributed by atoms with Gasteiger partial charge in [0, 0.05) is 12.1 Å². The Labute approximate surface area is 213 Å². The van der Waals surface area contributed by atoms with E-state index in [0.717, 1.165) is 24.9 Å². The van der Waals surface area contributed by atoms with E-state index < -0.39 is 6.04 Å². The molecule has 5 heteroatoms. The third-order valence-corrected chi connectivity index (χ3v) is 6.50. The number of carbonyl (C=O) groups excluding carboxylic acids is 1. The van der Waals surface area contributed by atoms with Gasteiger partial charge in [0.05, 0.1) is 22.6 Å². The summed E-state index contributed by atoms with van der Waals surface area (Å²) < 4.78 is 1.65. The summed E-state index contributed by atoms with van der Waals surface area (Å²) in [4.78, 5) is 34.3. The van der Waals surface area contributed by atoms with Crippen LogP contribution in [0.3, 0.4) is 0 Å². The minimum Gasteiger partial charge on any atom is -0.328 e. The number of para-hydroxylation sites is 2. The highest BCUT2D eigenvalue weighted by atomic mass is 16.2. The average Bonchev–Trinajstić information content (AvgIpc) is 2.90. The molecule has 0 aliphatic carbocycles. The summed E-state index contributed by atoms with van der Waals surface area (Å²) in [5.74, 6) is 0.747. The number of nitrogens with zero attached hydrogens (tertiary/aromatic N) is 3. The summed E-state index contributed by atoms with van der Waals surface area (Å²) in [5.41, 5.74) is 3.13. The molecule has 5 nitrogen and oxygen atoms in total. The van der Waals surface area contributed by atoms with Gasteiger partial charge in [-0.05, 0) is 67.6 Å². The average molecular weight is 482 g/mol. The minimum absolute atomic E-state index is 0.0553. The summed E-state index contributed by atoms with van der Waals surface area (Å²) in [5, 5.41) is 0.557. The van der Waals surface area contributed by atoms with Crippen LogP contribution in [0.2, 0.25) is 0 Å². The van der Waals surface area contributed by atoms with Crippen molar-refractivity contribution in [1.29, 1.82) is 0 Å². The fourth-order valence-corrected chi connectivity index (χ4v) is 4.57. The molecule has 1 atom stereocenters. The summed E-state index contributed by atoms with van der Waals surface area (Å²) in [6, 6.07) is 24.4. The number of unbranched alkanes of at least 4 members (excludes halogenated alkanes) is 1. The van der Waals surface area contributed by atoms with Crippen molar-refractivity contribution in [2.45, 2.75) is 53.0 Å². The first-order valence-corrected chi connectivity index (χ1v) is 12.9. The van der Waals surface area contributed by atoms with E-state index in [2.05, 4.69) is 32.9 Å². The first-order chi connectivity index (χ1) is 17.4.